The average Bonchev–Trinajstić information content (AvgIpc) is 3.40. The second-order valence-corrected chi connectivity index (χ2v) is 6.79. The molecule has 0 radical (unpaired) electrons. The molecule has 0 aromatic heterocycles. The van der Waals surface area contributed by atoms with E-state index in [2.05, 4.69) is 0 Å². The second-order valence-electron chi connectivity index (χ2n) is 6.79. The van der Waals surface area contributed by atoms with Gasteiger partial charge in [0.15, 0.2) is 11.5 Å². The summed E-state index contributed by atoms with van der Waals surface area (Å²) in [7, 11) is 0. The van der Waals surface area contributed by atoms with Gasteiger partial charge in [0, 0.05) is 18.7 Å². The molecule has 1 atom stereocenters. The molecule has 2 aromatic rings. The third-order valence-electron chi connectivity index (χ3n) is 5.26. The van der Waals surface area contributed by atoms with Crippen LogP contribution in [-0.4, -0.2) is 53.4 Å². The van der Waals surface area contributed by atoms with Crippen LogP contribution in [0.25, 0.3) is 0 Å². The zero-order chi connectivity index (χ0) is 18.5. The first-order valence-electron chi connectivity index (χ1n) is 8.79. The number of hydrogen-bond donors (Lipinski definition) is 0. The molecule has 7 heteroatoms. The van der Waals surface area contributed by atoms with Crippen LogP contribution in [0.3, 0.4) is 0 Å². The Labute approximate surface area is 155 Å². The van der Waals surface area contributed by atoms with E-state index in [1.165, 1.54) is 4.90 Å². The Kier molecular flexibility index (Phi) is 3.43. The maximum atomic E-state index is 12.8. The van der Waals surface area contributed by atoms with E-state index in [1.807, 2.05) is 0 Å². The summed E-state index contributed by atoms with van der Waals surface area (Å²) in [6.45, 7) is 0.975. The maximum Gasteiger partial charge on any atom is 0.261 e. The van der Waals surface area contributed by atoms with Crippen molar-refractivity contribution in [3.63, 3.8) is 0 Å². The maximum absolute atomic E-state index is 12.8. The molecule has 3 aliphatic heterocycles. The van der Waals surface area contributed by atoms with E-state index in [0.29, 0.717) is 47.7 Å². The molecule has 0 aliphatic carbocycles. The van der Waals surface area contributed by atoms with Crippen molar-refractivity contribution in [2.45, 2.75) is 12.5 Å². The number of rotatable bonds is 2. The lowest BCUT2D eigenvalue weighted by Gasteiger charge is -2.22. The van der Waals surface area contributed by atoms with Gasteiger partial charge in [-0.3, -0.25) is 19.3 Å². The lowest BCUT2D eigenvalue weighted by molar-refractivity contribution is 0.0574. The monoisotopic (exact) mass is 364 g/mol. The molecule has 3 aliphatic rings. The van der Waals surface area contributed by atoms with Crippen molar-refractivity contribution < 1.29 is 23.9 Å². The number of fused-ring (bicyclic) bond motifs is 2. The molecule has 1 fully saturated rings. The molecular weight excluding hydrogens is 348 g/mol. The highest BCUT2D eigenvalue weighted by molar-refractivity contribution is 6.21. The van der Waals surface area contributed by atoms with Gasteiger partial charge in [-0.15, -0.1) is 0 Å². The van der Waals surface area contributed by atoms with Crippen molar-refractivity contribution in [1.29, 1.82) is 0 Å². The zero-order valence-corrected chi connectivity index (χ0v) is 14.4. The molecule has 3 heterocycles. The summed E-state index contributed by atoms with van der Waals surface area (Å²) in [5.41, 5.74) is 1.37. The molecule has 2 aromatic carbocycles. The lowest BCUT2D eigenvalue weighted by Crippen LogP contribution is -2.42. The minimum absolute atomic E-state index is 0.146. The van der Waals surface area contributed by atoms with Crippen LogP contribution in [0.2, 0.25) is 0 Å². The minimum atomic E-state index is -0.310. The lowest BCUT2D eigenvalue weighted by atomic mass is 10.1. The third kappa shape index (κ3) is 2.38. The number of hydrogen-bond acceptors (Lipinski definition) is 5. The first-order valence-corrected chi connectivity index (χ1v) is 8.79. The number of imide groups is 1. The molecule has 1 saturated heterocycles. The highest BCUT2D eigenvalue weighted by atomic mass is 16.7. The van der Waals surface area contributed by atoms with Gasteiger partial charge in [0.05, 0.1) is 17.2 Å². The molecule has 0 saturated carbocycles. The van der Waals surface area contributed by atoms with Crippen LogP contribution in [0.15, 0.2) is 42.5 Å². The highest BCUT2D eigenvalue weighted by Gasteiger charge is 2.43. The van der Waals surface area contributed by atoms with Crippen LogP contribution in [0.4, 0.5) is 0 Å². The third-order valence-corrected chi connectivity index (χ3v) is 5.26. The molecule has 27 heavy (non-hydrogen) atoms. The Bertz CT molecular complexity index is 951. The summed E-state index contributed by atoms with van der Waals surface area (Å²) in [6.07, 6.45) is 0.571. The van der Waals surface area contributed by atoms with E-state index in [-0.39, 0.29) is 30.6 Å². The van der Waals surface area contributed by atoms with E-state index < -0.39 is 0 Å². The molecule has 0 bridgehead atoms. The highest BCUT2D eigenvalue weighted by Crippen LogP contribution is 2.33. The molecule has 0 N–H and O–H groups in total. The van der Waals surface area contributed by atoms with E-state index in [4.69, 9.17) is 9.47 Å². The topological polar surface area (TPSA) is 76.2 Å². The number of amides is 3. The summed E-state index contributed by atoms with van der Waals surface area (Å²) >= 11 is 0. The number of nitrogens with zero attached hydrogens (tertiary/aromatic N) is 2. The van der Waals surface area contributed by atoms with Gasteiger partial charge < -0.3 is 14.4 Å². The van der Waals surface area contributed by atoms with Gasteiger partial charge >= 0.3 is 0 Å². The Morgan fingerprint density at radius 3 is 2.41 bits per heavy atom. The average molecular weight is 364 g/mol. The van der Waals surface area contributed by atoms with Crippen LogP contribution in [0.5, 0.6) is 11.5 Å². The molecule has 3 amide bonds. The predicted molar refractivity (Wildman–Crippen MR) is 93.8 cm³/mol. The first kappa shape index (κ1) is 15.9. The number of ether oxygens (including phenoxy) is 2. The second kappa shape index (κ2) is 5.84. The predicted octanol–water partition coefficient (Wildman–Crippen LogP) is 1.93. The van der Waals surface area contributed by atoms with E-state index in [0.717, 1.165) is 0 Å². The number of benzene rings is 2. The number of carbonyl (C=O) groups is 3. The van der Waals surface area contributed by atoms with Crippen LogP contribution in [-0.2, 0) is 0 Å². The van der Waals surface area contributed by atoms with Gasteiger partial charge in [0.1, 0.15) is 0 Å². The fraction of sp³-hybridized carbons (Fsp3) is 0.250. The Morgan fingerprint density at radius 2 is 1.67 bits per heavy atom. The smallest absolute Gasteiger partial charge is 0.261 e. The quantitative estimate of drug-likeness (QED) is 0.761. The fourth-order valence-electron chi connectivity index (χ4n) is 3.89. The van der Waals surface area contributed by atoms with Gasteiger partial charge in [-0.25, -0.2) is 0 Å². The molecule has 7 nitrogen and oxygen atoms in total. The molecule has 1 unspecified atom stereocenters. The Hall–Kier alpha value is -3.35. The molecule has 136 valence electrons. The van der Waals surface area contributed by atoms with Crippen LogP contribution < -0.4 is 9.47 Å². The molecule has 0 spiro atoms. The van der Waals surface area contributed by atoms with Crippen molar-refractivity contribution in [2.24, 2.45) is 0 Å². The summed E-state index contributed by atoms with van der Waals surface area (Å²) in [4.78, 5) is 41.1. The van der Waals surface area contributed by atoms with Crippen molar-refractivity contribution >= 4 is 17.7 Å². The summed E-state index contributed by atoms with van der Waals surface area (Å²) in [5, 5.41) is 0. The van der Waals surface area contributed by atoms with Gasteiger partial charge in [-0.05, 0) is 36.8 Å². The van der Waals surface area contributed by atoms with E-state index >= 15 is 0 Å². The minimum Gasteiger partial charge on any atom is -0.454 e. The summed E-state index contributed by atoms with van der Waals surface area (Å²) in [6, 6.07) is 11.6. The normalized spacial score (nSPS) is 20.4. The van der Waals surface area contributed by atoms with E-state index in [9.17, 15) is 14.4 Å². The number of carbonyl (C=O) groups excluding carboxylic acids is 3. The molecule has 5 rings (SSSR count). The summed E-state index contributed by atoms with van der Waals surface area (Å²) < 4.78 is 10.6. The number of likely N-dealkylation sites (tertiary alicyclic amines) is 1. The summed E-state index contributed by atoms with van der Waals surface area (Å²) in [5.74, 6) is 0.470. The largest absolute Gasteiger partial charge is 0.454 e. The van der Waals surface area contributed by atoms with Crippen molar-refractivity contribution in [1.82, 2.24) is 9.80 Å². The van der Waals surface area contributed by atoms with Crippen molar-refractivity contribution in [2.75, 3.05) is 19.9 Å². The van der Waals surface area contributed by atoms with E-state index in [1.54, 1.807) is 47.4 Å². The van der Waals surface area contributed by atoms with Crippen molar-refractivity contribution in [3.8, 4) is 11.5 Å². The standard InChI is InChI=1S/C20H16N2O5/c23-18(12-5-6-16-17(9-12)27-11-26-16)21-8-7-13(10-21)22-19(24)14-3-1-2-4-15(14)20(22)25/h1-6,9,13H,7-8,10-11H2. The molecular formula is C20H16N2O5. The van der Waals surface area contributed by atoms with Crippen LogP contribution >= 0.6 is 0 Å². The first-order chi connectivity index (χ1) is 13.1. The van der Waals surface area contributed by atoms with Gasteiger partial charge in [0.2, 0.25) is 6.79 Å². The SMILES string of the molecule is O=C(c1ccc2c(c1)OCO2)N1CCC(N2C(=O)c3ccccc3C2=O)C1. The van der Waals surface area contributed by atoms with Crippen molar-refractivity contribution in [3.05, 3.63) is 59.2 Å². The van der Waals surface area contributed by atoms with Crippen LogP contribution in [0, 0.1) is 0 Å². The van der Waals surface area contributed by atoms with Gasteiger partial charge in [0.25, 0.3) is 17.7 Å². The zero-order valence-electron chi connectivity index (χ0n) is 14.4. The fourth-order valence-corrected chi connectivity index (χ4v) is 3.89. The van der Waals surface area contributed by atoms with Gasteiger partial charge in [-0.2, -0.15) is 0 Å². The van der Waals surface area contributed by atoms with Gasteiger partial charge in [-0.1, -0.05) is 12.1 Å². The Morgan fingerprint density at radius 1 is 0.963 bits per heavy atom. The Balaban J connectivity index is 1.34. The van der Waals surface area contributed by atoms with Crippen LogP contribution in [0.1, 0.15) is 37.5 Å².